The van der Waals surface area contributed by atoms with Crippen molar-refractivity contribution in [3.63, 3.8) is 0 Å². The molecule has 0 radical (unpaired) electrons. The third kappa shape index (κ3) is 3.91. The van der Waals surface area contributed by atoms with Crippen LogP contribution in [0.3, 0.4) is 0 Å². The van der Waals surface area contributed by atoms with Crippen molar-refractivity contribution in [3.8, 4) is 5.75 Å². The van der Waals surface area contributed by atoms with E-state index in [0.29, 0.717) is 11.3 Å². The number of ether oxygens (including phenoxy) is 1. The van der Waals surface area contributed by atoms with E-state index in [-0.39, 0.29) is 18.2 Å². The van der Waals surface area contributed by atoms with Crippen LogP contribution < -0.4 is 10.1 Å². The summed E-state index contributed by atoms with van der Waals surface area (Å²) in [5, 5.41) is 3.67. The summed E-state index contributed by atoms with van der Waals surface area (Å²) in [7, 11) is 0. The maximum Gasteiger partial charge on any atom is 0.387 e. The maximum absolute atomic E-state index is 12.2. The summed E-state index contributed by atoms with van der Waals surface area (Å²) < 4.78 is 29.7. The molecule has 0 saturated carbocycles. The first kappa shape index (κ1) is 16.4. The number of alkyl halides is 2. The van der Waals surface area contributed by atoms with E-state index in [1.54, 1.807) is 18.2 Å². The van der Waals surface area contributed by atoms with Crippen LogP contribution in [0.2, 0.25) is 0 Å². The molecule has 3 rings (SSSR count). The van der Waals surface area contributed by atoms with Gasteiger partial charge < -0.3 is 15.0 Å². The van der Waals surface area contributed by atoms with E-state index in [9.17, 15) is 13.6 Å². The minimum Gasteiger partial charge on any atom is -0.435 e. The number of fused-ring (bicyclic) bond motifs is 1. The quantitative estimate of drug-likeness (QED) is 0.670. The van der Waals surface area contributed by atoms with E-state index >= 15 is 0 Å². The molecular formula is C17H13BrF2N2O2. The van der Waals surface area contributed by atoms with E-state index in [0.717, 1.165) is 15.4 Å². The molecule has 24 heavy (non-hydrogen) atoms. The second-order valence-corrected chi connectivity index (χ2v) is 6.04. The number of rotatable bonds is 5. The second-order valence-electron chi connectivity index (χ2n) is 5.12. The zero-order valence-corrected chi connectivity index (χ0v) is 13.9. The van der Waals surface area contributed by atoms with Crippen molar-refractivity contribution < 1.29 is 18.3 Å². The Kier molecular flexibility index (Phi) is 4.80. The molecule has 0 spiro atoms. The molecular weight excluding hydrogens is 382 g/mol. The summed E-state index contributed by atoms with van der Waals surface area (Å²) >= 11 is 3.38. The first-order valence-electron chi connectivity index (χ1n) is 7.11. The Labute approximate surface area is 144 Å². The lowest BCUT2D eigenvalue weighted by Crippen LogP contribution is -2.23. The van der Waals surface area contributed by atoms with Gasteiger partial charge in [0.05, 0.1) is 0 Å². The topological polar surface area (TPSA) is 54.1 Å². The molecule has 0 saturated heterocycles. The number of aromatic nitrogens is 1. The largest absolute Gasteiger partial charge is 0.435 e. The highest BCUT2D eigenvalue weighted by Gasteiger charge is 2.10. The van der Waals surface area contributed by atoms with Crippen molar-refractivity contribution in [2.75, 3.05) is 0 Å². The fourth-order valence-electron chi connectivity index (χ4n) is 2.33. The fraction of sp³-hybridized carbons (Fsp3) is 0.118. The van der Waals surface area contributed by atoms with Crippen molar-refractivity contribution in [2.24, 2.45) is 0 Å². The van der Waals surface area contributed by atoms with E-state index in [4.69, 9.17) is 0 Å². The molecule has 0 bridgehead atoms. The third-order valence-corrected chi connectivity index (χ3v) is 3.90. The van der Waals surface area contributed by atoms with Gasteiger partial charge in [0.2, 0.25) is 0 Å². The van der Waals surface area contributed by atoms with E-state index in [1.165, 1.54) is 12.1 Å². The monoisotopic (exact) mass is 394 g/mol. The van der Waals surface area contributed by atoms with Crippen molar-refractivity contribution >= 4 is 32.7 Å². The maximum atomic E-state index is 12.2. The first-order valence-corrected chi connectivity index (χ1v) is 7.91. The molecule has 0 fully saturated rings. The Morgan fingerprint density at radius 3 is 2.83 bits per heavy atom. The van der Waals surface area contributed by atoms with Crippen LogP contribution >= 0.6 is 15.9 Å². The van der Waals surface area contributed by atoms with Gasteiger partial charge in [0.15, 0.2) is 0 Å². The second kappa shape index (κ2) is 7.00. The Bertz CT molecular complexity index is 880. The smallest absolute Gasteiger partial charge is 0.387 e. The van der Waals surface area contributed by atoms with Gasteiger partial charge in [0, 0.05) is 21.9 Å². The van der Waals surface area contributed by atoms with Crippen LogP contribution in [0.1, 0.15) is 16.1 Å². The van der Waals surface area contributed by atoms with Crippen molar-refractivity contribution in [3.05, 3.63) is 64.3 Å². The molecule has 1 heterocycles. The van der Waals surface area contributed by atoms with E-state index < -0.39 is 6.61 Å². The number of amides is 1. The highest BCUT2D eigenvalue weighted by molar-refractivity contribution is 9.10. The Hall–Kier alpha value is -2.41. The molecule has 0 aliphatic carbocycles. The van der Waals surface area contributed by atoms with Gasteiger partial charge in [-0.25, -0.2) is 0 Å². The fourth-order valence-corrected chi connectivity index (χ4v) is 2.69. The van der Waals surface area contributed by atoms with Gasteiger partial charge in [-0.3, -0.25) is 4.79 Å². The van der Waals surface area contributed by atoms with Gasteiger partial charge in [-0.05, 0) is 35.9 Å². The summed E-state index contributed by atoms with van der Waals surface area (Å²) in [5.74, 6) is -0.213. The number of halogens is 3. The zero-order chi connectivity index (χ0) is 17.1. The molecule has 2 N–H and O–H groups in total. The molecule has 4 nitrogen and oxygen atoms in total. The summed E-state index contributed by atoms with van der Waals surface area (Å²) in [4.78, 5) is 15.3. The van der Waals surface area contributed by atoms with Crippen LogP contribution in [0.4, 0.5) is 8.78 Å². The van der Waals surface area contributed by atoms with Crippen LogP contribution in [0.25, 0.3) is 10.9 Å². The Morgan fingerprint density at radius 2 is 2.04 bits per heavy atom. The lowest BCUT2D eigenvalue weighted by Gasteiger charge is -2.07. The molecule has 0 aliphatic rings. The predicted octanol–water partition coefficient (Wildman–Crippen LogP) is 4.46. The van der Waals surface area contributed by atoms with Gasteiger partial charge in [-0.15, -0.1) is 0 Å². The molecule has 1 aromatic heterocycles. The van der Waals surface area contributed by atoms with Crippen LogP contribution in [0, 0.1) is 0 Å². The average Bonchev–Trinajstić information content (AvgIpc) is 2.95. The number of H-pyrrole nitrogens is 1. The third-order valence-electron chi connectivity index (χ3n) is 3.41. The summed E-state index contributed by atoms with van der Waals surface area (Å²) in [5.41, 5.74) is 1.95. The first-order chi connectivity index (χ1) is 11.5. The summed E-state index contributed by atoms with van der Waals surface area (Å²) in [6.45, 7) is -2.67. The number of carbonyl (C=O) groups is 1. The van der Waals surface area contributed by atoms with Gasteiger partial charge in [-0.1, -0.05) is 34.1 Å². The molecule has 3 aromatic rings. The number of carbonyl (C=O) groups excluding carboxylic acids is 1. The highest BCUT2D eigenvalue weighted by atomic mass is 79.9. The molecule has 1 amide bonds. The van der Waals surface area contributed by atoms with Crippen LogP contribution in [-0.2, 0) is 6.54 Å². The molecule has 0 unspecified atom stereocenters. The minimum absolute atomic E-state index is 0.0622. The Balaban J connectivity index is 1.68. The number of hydrogen-bond donors (Lipinski definition) is 2. The molecule has 0 atom stereocenters. The van der Waals surface area contributed by atoms with Gasteiger partial charge in [0.1, 0.15) is 11.4 Å². The van der Waals surface area contributed by atoms with Gasteiger partial charge >= 0.3 is 6.61 Å². The van der Waals surface area contributed by atoms with Crippen molar-refractivity contribution in [1.29, 1.82) is 0 Å². The molecule has 2 aromatic carbocycles. The van der Waals surface area contributed by atoms with Crippen molar-refractivity contribution in [1.82, 2.24) is 10.3 Å². The predicted molar refractivity (Wildman–Crippen MR) is 90.2 cm³/mol. The average molecular weight is 395 g/mol. The number of aromatic amines is 1. The lowest BCUT2D eigenvalue weighted by molar-refractivity contribution is -0.0498. The SMILES string of the molecule is O=C(NCc1cccc(OC(F)F)c1)c1cc2ccc(Br)cc2[nH]1. The number of hydrogen-bond acceptors (Lipinski definition) is 2. The normalized spacial score (nSPS) is 11.0. The summed E-state index contributed by atoms with van der Waals surface area (Å²) in [6.07, 6.45) is 0. The molecule has 7 heteroatoms. The lowest BCUT2D eigenvalue weighted by atomic mass is 10.2. The number of nitrogens with one attached hydrogen (secondary N) is 2. The van der Waals surface area contributed by atoms with Gasteiger partial charge in [-0.2, -0.15) is 8.78 Å². The van der Waals surface area contributed by atoms with Gasteiger partial charge in [0.25, 0.3) is 5.91 Å². The zero-order valence-electron chi connectivity index (χ0n) is 12.4. The highest BCUT2D eigenvalue weighted by Crippen LogP contribution is 2.20. The molecule has 124 valence electrons. The van der Waals surface area contributed by atoms with Crippen molar-refractivity contribution in [2.45, 2.75) is 13.2 Å². The molecule has 0 aliphatic heterocycles. The van der Waals surface area contributed by atoms with Crippen LogP contribution in [0.5, 0.6) is 5.75 Å². The minimum atomic E-state index is -2.87. The summed E-state index contributed by atoms with van der Waals surface area (Å²) in [6, 6.07) is 13.7. The standard InChI is InChI=1S/C17H13BrF2N2O2/c18-12-5-4-11-7-15(22-14(11)8-12)16(23)21-9-10-2-1-3-13(6-10)24-17(19)20/h1-8,17,22H,9H2,(H,21,23). The Morgan fingerprint density at radius 1 is 1.21 bits per heavy atom. The van der Waals surface area contributed by atoms with E-state index in [2.05, 4.69) is 31.0 Å². The number of benzene rings is 2. The van der Waals surface area contributed by atoms with Crippen LogP contribution in [-0.4, -0.2) is 17.5 Å². The van der Waals surface area contributed by atoms with Crippen LogP contribution in [0.15, 0.2) is 53.0 Å². The van der Waals surface area contributed by atoms with E-state index in [1.807, 2.05) is 18.2 Å².